The molecule has 0 aliphatic rings. The van der Waals surface area contributed by atoms with Gasteiger partial charge in [-0.2, -0.15) is 0 Å². The number of hydrogen-bond acceptors (Lipinski definition) is 4. The van der Waals surface area contributed by atoms with Crippen molar-refractivity contribution < 1.29 is 14.4 Å². The van der Waals surface area contributed by atoms with Crippen LogP contribution < -0.4 is 16.0 Å². The maximum Gasteiger partial charge on any atom is 0.319 e. The van der Waals surface area contributed by atoms with E-state index in [1.165, 1.54) is 4.90 Å². The van der Waals surface area contributed by atoms with Gasteiger partial charge in [0.2, 0.25) is 0 Å². The largest absolute Gasteiger partial charge is 0.339 e. The average Bonchev–Trinajstić information content (AvgIpc) is 2.62. The number of hydrogen-bond donors (Lipinski definition) is 3. The van der Waals surface area contributed by atoms with Crippen molar-refractivity contribution in [2.75, 3.05) is 24.7 Å². The second kappa shape index (κ2) is 9.80. The standard InChI is InChI=1S/C20H24N4O3S/c1-13(2)21-19(26)23-17-8-6-5-7-16(17)18(25)22-14-9-11-15(12-10-14)28-20(27)24(3)4/h5-13H,1-4H3,(H,22,25)(H2,21,23,26). The highest BCUT2D eigenvalue weighted by Gasteiger charge is 2.14. The predicted molar refractivity (Wildman–Crippen MR) is 113 cm³/mol. The van der Waals surface area contributed by atoms with Crippen molar-refractivity contribution >= 4 is 40.3 Å². The Hall–Kier alpha value is -3.00. The summed E-state index contributed by atoms with van der Waals surface area (Å²) < 4.78 is 0. The molecule has 0 saturated heterocycles. The summed E-state index contributed by atoms with van der Waals surface area (Å²) in [5.74, 6) is -0.342. The van der Waals surface area contributed by atoms with Crippen molar-refractivity contribution in [1.82, 2.24) is 10.2 Å². The van der Waals surface area contributed by atoms with Gasteiger partial charge in [-0.25, -0.2) is 4.79 Å². The lowest BCUT2D eigenvalue weighted by Crippen LogP contribution is -2.34. The summed E-state index contributed by atoms with van der Waals surface area (Å²) in [6, 6.07) is 13.4. The third-order valence-electron chi connectivity index (χ3n) is 3.52. The minimum Gasteiger partial charge on any atom is -0.339 e. The van der Waals surface area contributed by atoms with Gasteiger partial charge < -0.3 is 20.9 Å². The Bertz CT molecular complexity index is 851. The van der Waals surface area contributed by atoms with Crippen molar-refractivity contribution in [3.05, 3.63) is 54.1 Å². The molecule has 2 aromatic carbocycles. The van der Waals surface area contributed by atoms with Crippen molar-refractivity contribution in [2.45, 2.75) is 24.8 Å². The molecule has 2 rings (SSSR count). The highest BCUT2D eigenvalue weighted by atomic mass is 32.2. The second-order valence-corrected chi connectivity index (χ2v) is 7.56. The molecule has 0 saturated carbocycles. The van der Waals surface area contributed by atoms with E-state index in [2.05, 4.69) is 16.0 Å². The van der Waals surface area contributed by atoms with Crippen molar-refractivity contribution in [2.24, 2.45) is 0 Å². The summed E-state index contributed by atoms with van der Waals surface area (Å²) in [6.45, 7) is 3.71. The van der Waals surface area contributed by atoms with E-state index in [4.69, 9.17) is 0 Å². The third kappa shape index (κ3) is 6.31. The fraction of sp³-hybridized carbons (Fsp3) is 0.250. The molecule has 3 N–H and O–H groups in total. The van der Waals surface area contributed by atoms with Gasteiger partial charge in [-0.05, 0) is 62.0 Å². The van der Waals surface area contributed by atoms with E-state index in [1.807, 2.05) is 13.8 Å². The number of benzene rings is 2. The van der Waals surface area contributed by atoms with Gasteiger partial charge in [0, 0.05) is 30.7 Å². The van der Waals surface area contributed by atoms with E-state index in [0.29, 0.717) is 16.9 Å². The van der Waals surface area contributed by atoms with E-state index in [-0.39, 0.29) is 23.2 Å². The molecule has 0 aliphatic carbocycles. The minimum atomic E-state index is -0.373. The summed E-state index contributed by atoms with van der Waals surface area (Å²) in [5.41, 5.74) is 1.36. The summed E-state index contributed by atoms with van der Waals surface area (Å²) in [5, 5.41) is 8.14. The lowest BCUT2D eigenvalue weighted by Gasteiger charge is -2.14. The number of urea groups is 1. The van der Waals surface area contributed by atoms with Crippen molar-refractivity contribution in [3.63, 3.8) is 0 Å². The zero-order valence-electron chi connectivity index (χ0n) is 16.3. The van der Waals surface area contributed by atoms with Crippen LogP contribution in [0.4, 0.5) is 21.0 Å². The molecule has 4 amide bonds. The van der Waals surface area contributed by atoms with Gasteiger partial charge >= 0.3 is 6.03 Å². The zero-order valence-corrected chi connectivity index (χ0v) is 17.1. The Labute approximate surface area is 168 Å². The Kier molecular flexibility index (Phi) is 7.45. The molecule has 8 heteroatoms. The number of para-hydroxylation sites is 1. The molecular weight excluding hydrogens is 376 g/mol. The van der Waals surface area contributed by atoms with Gasteiger partial charge in [-0.1, -0.05) is 12.1 Å². The fourth-order valence-electron chi connectivity index (χ4n) is 2.21. The minimum absolute atomic E-state index is 0.0169. The van der Waals surface area contributed by atoms with Crippen LogP contribution >= 0.6 is 11.8 Å². The molecular formula is C20H24N4O3S. The van der Waals surface area contributed by atoms with Crippen LogP contribution in [0.25, 0.3) is 0 Å². The normalized spacial score (nSPS) is 10.3. The molecule has 2 aromatic rings. The van der Waals surface area contributed by atoms with Crippen LogP contribution in [0.15, 0.2) is 53.4 Å². The fourth-order valence-corrected chi connectivity index (χ4v) is 2.86. The number of thioether (sulfide) groups is 1. The van der Waals surface area contributed by atoms with Gasteiger partial charge in [0.15, 0.2) is 0 Å². The summed E-state index contributed by atoms with van der Waals surface area (Å²) in [4.78, 5) is 38.6. The first-order chi connectivity index (χ1) is 13.3. The summed E-state index contributed by atoms with van der Waals surface area (Å²) in [7, 11) is 3.38. The molecule has 0 heterocycles. The average molecular weight is 401 g/mol. The number of carbonyl (C=O) groups is 3. The van der Waals surface area contributed by atoms with E-state index in [1.54, 1.807) is 62.6 Å². The van der Waals surface area contributed by atoms with Crippen LogP contribution in [-0.2, 0) is 0 Å². The molecule has 148 valence electrons. The number of carbonyl (C=O) groups excluding carboxylic acids is 3. The maximum absolute atomic E-state index is 12.6. The van der Waals surface area contributed by atoms with E-state index in [0.717, 1.165) is 16.7 Å². The van der Waals surface area contributed by atoms with Crippen LogP contribution in [0.3, 0.4) is 0 Å². The third-order valence-corrected chi connectivity index (χ3v) is 4.57. The Morgan fingerprint density at radius 1 is 0.929 bits per heavy atom. The molecule has 0 radical (unpaired) electrons. The number of nitrogens with one attached hydrogen (secondary N) is 3. The molecule has 0 aromatic heterocycles. The van der Waals surface area contributed by atoms with Crippen molar-refractivity contribution in [1.29, 1.82) is 0 Å². The smallest absolute Gasteiger partial charge is 0.319 e. The molecule has 0 fully saturated rings. The predicted octanol–water partition coefficient (Wildman–Crippen LogP) is 4.24. The van der Waals surface area contributed by atoms with Crippen LogP contribution in [0.5, 0.6) is 0 Å². The van der Waals surface area contributed by atoms with Crippen LogP contribution in [-0.4, -0.2) is 42.2 Å². The highest BCUT2D eigenvalue weighted by molar-refractivity contribution is 8.13. The van der Waals surface area contributed by atoms with Gasteiger partial charge in [0.1, 0.15) is 0 Å². The lowest BCUT2D eigenvalue weighted by molar-refractivity contribution is 0.102. The highest BCUT2D eigenvalue weighted by Crippen LogP contribution is 2.23. The molecule has 7 nitrogen and oxygen atoms in total. The first-order valence-corrected chi connectivity index (χ1v) is 9.55. The maximum atomic E-state index is 12.6. The van der Waals surface area contributed by atoms with E-state index >= 15 is 0 Å². The SMILES string of the molecule is CC(C)NC(=O)Nc1ccccc1C(=O)Nc1ccc(SC(=O)N(C)C)cc1. The Morgan fingerprint density at radius 2 is 1.57 bits per heavy atom. The van der Waals surface area contributed by atoms with Gasteiger partial charge in [0.25, 0.3) is 11.1 Å². The van der Waals surface area contributed by atoms with Crippen LogP contribution in [0.2, 0.25) is 0 Å². The molecule has 0 aliphatic heterocycles. The second-order valence-electron chi connectivity index (χ2n) is 6.54. The summed E-state index contributed by atoms with van der Waals surface area (Å²) in [6.07, 6.45) is 0. The lowest BCUT2D eigenvalue weighted by atomic mass is 10.1. The molecule has 0 spiro atoms. The zero-order chi connectivity index (χ0) is 20.7. The quantitative estimate of drug-likeness (QED) is 0.655. The van der Waals surface area contributed by atoms with Crippen LogP contribution in [0.1, 0.15) is 24.2 Å². The molecule has 0 atom stereocenters. The number of nitrogens with zero attached hydrogens (tertiary/aromatic N) is 1. The molecule has 28 heavy (non-hydrogen) atoms. The number of anilines is 2. The number of rotatable bonds is 5. The van der Waals surface area contributed by atoms with Crippen LogP contribution in [0, 0.1) is 0 Å². The Balaban J connectivity index is 2.07. The first-order valence-electron chi connectivity index (χ1n) is 8.73. The molecule has 0 unspecified atom stereocenters. The van der Waals surface area contributed by atoms with Crippen molar-refractivity contribution in [3.8, 4) is 0 Å². The first kappa shape index (κ1) is 21.3. The number of amides is 4. The van der Waals surface area contributed by atoms with Gasteiger partial charge in [-0.15, -0.1) is 0 Å². The van der Waals surface area contributed by atoms with E-state index < -0.39 is 0 Å². The Morgan fingerprint density at radius 3 is 2.18 bits per heavy atom. The summed E-state index contributed by atoms with van der Waals surface area (Å²) >= 11 is 1.11. The molecule has 0 bridgehead atoms. The monoisotopic (exact) mass is 400 g/mol. The van der Waals surface area contributed by atoms with Gasteiger partial charge in [0.05, 0.1) is 11.3 Å². The van der Waals surface area contributed by atoms with E-state index in [9.17, 15) is 14.4 Å². The topological polar surface area (TPSA) is 90.5 Å². The van der Waals surface area contributed by atoms with Gasteiger partial charge in [-0.3, -0.25) is 9.59 Å².